The second-order valence-corrected chi connectivity index (χ2v) is 16.3. The summed E-state index contributed by atoms with van der Waals surface area (Å²) in [7, 11) is 0. The van der Waals surface area contributed by atoms with Crippen LogP contribution in [0.3, 0.4) is 0 Å². The van der Waals surface area contributed by atoms with Gasteiger partial charge < -0.3 is 4.90 Å². The van der Waals surface area contributed by atoms with Gasteiger partial charge in [-0.1, -0.05) is 133 Å². The molecular weight excluding hydrogens is 703 g/mol. The molecule has 0 radical (unpaired) electrons. The molecule has 0 fully saturated rings. The van der Waals surface area contributed by atoms with Gasteiger partial charge in [0.1, 0.15) is 0 Å². The molecule has 1 nitrogen and oxygen atoms in total. The third-order valence-corrected chi connectivity index (χ3v) is 13.1. The molecule has 0 unspecified atom stereocenters. The number of benzene rings is 9. The Kier molecular flexibility index (Phi) is 7.61. The maximum Gasteiger partial charge on any atom is 0.0467 e. The fraction of sp³-hybridized carbons (Fsp3) is 0. The first kappa shape index (κ1) is 32.0. The van der Waals surface area contributed by atoms with Gasteiger partial charge in [-0.25, -0.2) is 0 Å². The van der Waals surface area contributed by atoms with Crippen molar-refractivity contribution >= 4 is 90.9 Å². The van der Waals surface area contributed by atoms with Crippen LogP contribution in [0.15, 0.2) is 200 Å². The second-order valence-electron chi connectivity index (χ2n) is 14.1. The zero-order chi connectivity index (χ0) is 36.3. The van der Waals surface area contributed by atoms with Crippen molar-refractivity contribution in [1.82, 2.24) is 0 Å². The quantitative estimate of drug-likeness (QED) is 0.164. The summed E-state index contributed by atoms with van der Waals surface area (Å²) in [4.78, 5) is 2.39. The molecule has 2 heterocycles. The highest BCUT2D eigenvalue weighted by Crippen LogP contribution is 2.43. The van der Waals surface area contributed by atoms with Crippen LogP contribution in [0.4, 0.5) is 17.1 Å². The molecule has 0 amide bonds. The van der Waals surface area contributed by atoms with E-state index in [-0.39, 0.29) is 0 Å². The summed E-state index contributed by atoms with van der Waals surface area (Å²) >= 11 is 3.73. The van der Waals surface area contributed by atoms with E-state index in [9.17, 15) is 0 Å². The Labute approximate surface area is 327 Å². The van der Waals surface area contributed by atoms with E-state index in [0.29, 0.717) is 0 Å². The molecule has 0 atom stereocenters. The molecular formula is C52H33NS2. The molecule has 0 saturated heterocycles. The molecule has 0 saturated carbocycles. The lowest BCUT2D eigenvalue weighted by molar-refractivity contribution is 1.28. The van der Waals surface area contributed by atoms with Crippen molar-refractivity contribution in [2.24, 2.45) is 0 Å². The van der Waals surface area contributed by atoms with Gasteiger partial charge in [-0.2, -0.15) is 0 Å². The predicted octanol–water partition coefficient (Wildman–Crippen LogP) is 16.0. The van der Waals surface area contributed by atoms with Crippen LogP contribution in [0, 0.1) is 0 Å². The minimum Gasteiger partial charge on any atom is -0.310 e. The second kappa shape index (κ2) is 13.1. The summed E-state index contributed by atoms with van der Waals surface area (Å²) in [6, 6.07) is 73.5. The number of anilines is 3. The predicted molar refractivity (Wildman–Crippen MR) is 241 cm³/mol. The average molecular weight is 736 g/mol. The van der Waals surface area contributed by atoms with E-state index in [2.05, 4.69) is 205 Å². The van der Waals surface area contributed by atoms with Crippen LogP contribution >= 0.6 is 22.7 Å². The highest BCUT2D eigenvalue weighted by Gasteiger charge is 2.17. The minimum absolute atomic E-state index is 1.11. The van der Waals surface area contributed by atoms with Gasteiger partial charge in [0, 0.05) is 57.4 Å². The lowest BCUT2D eigenvalue weighted by atomic mass is 9.98. The van der Waals surface area contributed by atoms with Crippen molar-refractivity contribution in [3.8, 4) is 33.4 Å². The molecule has 0 aliphatic carbocycles. The van der Waals surface area contributed by atoms with Gasteiger partial charge in [0.25, 0.3) is 0 Å². The van der Waals surface area contributed by atoms with Crippen LogP contribution in [0.25, 0.3) is 84.5 Å². The molecule has 2 aromatic heterocycles. The topological polar surface area (TPSA) is 3.24 Å². The number of fused-ring (bicyclic) bond motifs is 7. The summed E-state index contributed by atoms with van der Waals surface area (Å²) in [6.45, 7) is 0. The first-order chi connectivity index (χ1) is 27.2. The van der Waals surface area contributed by atoms with E-state index >= 15 is 0 Å². The van der Waals surface area contributed by atoms with Crippen LogP contribution in [-0.4, -0.2) is 0 Å². The summed E-state index contributed by atoms with van der Waals surface area (Å²) in [5, 5.41) is 7.80. The summed E-state index contributed by atoms with van der Waals surface area (Å²) < 4.78 is 5.29. The zero-order valence-corrected chi connectivity index (χ0v) is 31.4. The Morgan fingerprint density at radius 1 is 0.291 bits per heavy atom. The molecule has 3 heteroatoms. The van der Waals surface area contributed by atoms with Crippen LogP contribution in [0.5, 0.6) is 0 Å². The average Bonchev–Trinajstić information content (AvgIpc) is 3.82. The number of rotatable bonds is 6. The first-order valence-electron chi connectivity index (χ1n) is 18.7. The van der Waals surface area contributed by atoms with Gasteiger partial charge in [-0.15, -0.1) is 22.7 Å². The Balaban J connectivity index is 1.01. The minimum atomic E-state index is 1.11. The van der Waals surface area contributed by atoms with Crippen molar-refractivity contribution in [3.05, 3.63) is 200 Å². The van der Waals surface area contributed by atoms with Crippen LogP contribution in [-0.2, 0) is 0 Å². The maximum atomic E-state index is 2.39. The lowest BCUT2D eigenvalue weighted by Gasteiger charge is -2.26. The Hall–Kier alpha value is -6.52. The third-order valence-electron chi connectivity index (χ3n) is 10.9. The van der Waals surface area contributed by atoms with Crippen LogP contribution in [0.2, 0.25) is 0 Å². The van der Waals surface area contributed by atoms with Gasteiger partial charge in [0.2, 0.25) is 0 Å². The molecule has 11 rings (SSSR count). The maximum absolute atomic E-state index is 2.39. The molecule has 0 bridgehead atoms. The van der Waals surface area contributed by atoms with Crippen molar-refractivity contribution < 1.29 is 0 Å². The van der Waals surface area contributed by atoms with Crippen molar-refractivity contribution in [2.75, 3.05) is 4.90 Å². The first-order valence-corrected chi connectivity index (χ1v) is 20.3. The Morgan fingerprint density at radius 2 is 0.855 bits per heavy atom. The van der Waals surface area contributed by atoms with Crippen LogP contribution in [0.1, 0.15) is 0 Å². The molecule has 0 aliphatic heterocycles. The van der Waals surface area contributed by atoms with Gasteiger partial charge in [-0.3, -0.25) is 0 Å². The third kappa shape index (κ3) is 5.60. The SMILES string of the molecule is c1cc(-c2cccc3sc4ccccc4c23)cc(N(c2ccc(-c3ccc4ccccc4c3)cc2)c2ccc(-c3ccc4c(c3)sc3ccccc34)cc2)c1. The van der Waals surface area contributed by atoms with Crippen molar-refractivity contribution in [1.29, 1.82) is 0 Å². The number of nitrogens with zero attached hydrogens (tertiary/aromatic N) is 1. The van der Waals surface area contributed by atoms with Crippen LogP contribution < -0.4 is 4.90 Å². The number of hydrogen-bond donors (Lipinski definition) is 0. The molecule has 0 N–H and O–H groups in total. The summed E-state index contributed by atoms with van der Waals surface area (Å²) in [6.07, 6.45) is 0. The molecule has 258 valence electrons. The lowest BCUT2D eigenvalue weighted by Crippen LogP contribution is -2.10. The van der Waals surface area contributed by atoms with E-state index in [0.717, 1.165) is 17.1 Å². The molecule has 9 aromatic carbocycles. The van der Waals surface area contributed by atoms with E-state index in [1.54, 1.807) is 0 Å². The molecule has 11 aromatic rings. The molecule has 0 aliphatic rings. The van der Waals surface area contributed by atoms with Gasteiger partial charge >= 0.3 is 0 Å². The van der Waals surface area contributed by atoms with Gasteiger partial charge in [0.05, 0.1) is 0 Å². The fourth-order valence-electron chi connectivity index (χ4n) is 8.16. The Bertz CT molecular complexity index is 3200. The summed E-state index contributed by atoms with van der Waals surface area (Å²) in [5.74, 6) is 0. The highest BCUT2D eigenvalue weighted by atomic mass is 32.1. The monoisotopic (exact) mass is 735 g/mol. The normalized spacial score (nSPS) is 11.6. The van der Waals surface area contributed by atoms with E-state index in [1.807, 2.05) is 22.7 Å². The van der Waals surface area contributed by atoms with Crippen molar-refractivity contribution in [2.45, 2.75) is 0 Å². The Morgan fingerprint density at radius 3 is 1.64 bits per heavy atom. The van der Waals surface area contributed by atoms with Crippen molar-refractivity contribution in [3.63, 3.8) is 0 Å². The van der Waals surface area contributed by atoms with Gasteiger partial charge in [0.15, 0.2) is 0 Å². The fourth-order valence-corrected chi connectivity index (χ4v) is 10.4. The van der Waals surface area contributed by atoms with E-state index in [4.69, 9.17) is 0 Å². The molecule has 0 spiro atoms. The standard InChI is InChI=1S/C52H33NS2/c1-2-10-37-31-38(20-19-34(37)9-1)35-21-26-41(27-22-35)53(42-28-23-36(24-29-42)39-25-30-46-45-13-3-5-16-48(45)55-51(46)33-39)43-12-7-11-40(32-43)44-15-8-18-50-52(44)47-14-4-6-17-49(47)54-50/h1-33H. The van der Waals surface area contributed by atoms with Gasteiger partial charge in [-0.05, 0) is 111 Å². The molecule has 55 heavy (non-hydrogen) atoms. The van der Waals surface area contributed by atoms with E-state index < -0.39 is 0 Å². The highest BCUT2D eigenvalue weighted by molar-refractivity contribution is 7.26. The number of hydrogen-bond acceptors (Lipinski definition) is 3. The van der Waals surface area contributed by atoms with E-state index in [1.165, 1.54) is 84.5 Å². The zero-order valence-electron chi connectivity index (χ0n) is 29.8. The largest absolute Gasteiger partial charge is 0.310 e. The summed E-state index contributed by atoms with van der Waals surface area (Å²) in [5.41, 5.74) is 10.7. The number of thiophene rings is 2. The smallest absolute Gasteiger partial charge is 0.0467 e.